The van der Waals surface area contributed by atoms with Gasteiger partial charge in [0.1, 0.15) is 18.3 Å². The van der Waals surface area contributed by atoms with E-state index >= 15 is 0 Å². The number of aliphatic carboxylic acids is 1. The predicted octanol–water partition coefficient (Wildman–Crippen LogP) is 2.81. The van der Waals surface area contributed by atoms with Gasteiger partial charge in [0.05, 0.1) is 18.7 Å². The number of nitrogens with zero attached hydrogens (tertiary/aromatic N) is 1. The van der Waals surface area contributed by atoms with Crippen LogP contribution in [0.4, 0.5) is 13.2 Å². The minimum atomic E-state index is -5.08. The van der Waals surface area contributed by atoms with Crippen LogP contribution in [0.2, 0.25) is 0 Å². The minimum absolute atomic E-state index is 0.0417. The van der Waals surface area contributed by atoms with Crippen molar-refractivity contribution >= 4 is 23.7 Å². The third-order valence-corrected chi connectivity index (χ3v) is 8.94. The van der Waals surface area contributed by atoms with Gasteiger partial charge in [-0.15, -0.1) is 0 Å². The van der Waals surface area contributed by atoms with Crippen molar-refractivity contribution in [3.63, 3.8) is 0 Å². The van der Waals surface area contributed by atoms with Gasteiger partial charge in [-0.25, -0.2) is 4.79 Å². The second-order valence-corrected chi connectivity index (χ2v) is 11.6. The van der Waals surface area contributed by atoms with E-state index in [1.54, 1.807) is 18.9 Å². The Bertz CT molecular complexity index is 1170. The maximum absolute atomic E-state index is 14.0. The summed E-state index contributed by atoms with van der Waals surface area (Å²) >= 11 is 0. The Morgan fingerprint density at radius 3 is 2.38 bits per heavy atom. The molecule has 2 aliphatic carbocycles. The lowest BCUT2D eigenvalue weighted by molar-refractivity contribution is -0.192. The number of hydrogen-bond donors (Lipinski definition) is 4. The third-order valence-electron chi connectivity index (χ3n) is 8.94. The average Bonchev–Trinajstić information content (AvgIpc) is 3.51. The molecule has 4 aliphatic rings. The zero-order chi connectivity index (χ0) is 30.7. The third kappa shape index (κ3) is 6.72. The normalized spacial score (nSPS) is 27.2. The quantitative estimate of drug-likeness (QED) is 0.410. The zero-order valence-electron chi connectivity index (χ0n) is 23.8. The molecule has 2 aliphatic heterocycles. The highest BCUT2D eigenvalue weighted by Gasteiger charge is 2.59. The number of rotatable bonds is 5. The van der Waals surface area contributed by atoms with Gasteiger partial charge in [-0.3, -0.25) is 14.4 Å². The Morgan fingerprint density at radius 1 is 1.07 bits per heavy atom. The van der Waals surface area contributed by atoms with Crippen molar-refractivity contribution in [1.29, 1.82) is 0 Å². The molecule has 1 spiro atoms. The highest BCUT2D eigenvalue weighted by molar-refractivity contribution is 5.94. The molecule has 3 fully saturated rings. The number of carboxylic acid groups (broad SMARTS) is 1. The molecule has 0 aromatic heterocycles. The molecule has 3 amide bonds. The largest absolute Gasteiger partial charge is 0.490 e. The van der Waals surface area contributed by atoms with Crippen LogP contribution in [0.1, 0.15) is 75.5 Å². The molecule has 5 rings (SSSR count). The minimum Gasteiger partial charge on any atom is -0.475 e. The summed E-state index contributed by atoms with van der Waals surface area (Å²) in [6, 6.07) is 6.61. The van der Waals surface area contributed by atoms with Crippen LogP contribution in [0, 0.1) is 5.41 Å². The van der Waals surface area contributed by atoms with E-state index in [2.05, 4.69) is 34.1 Å². The van der Waals surface area contributed by atoms with Crippen LogP contribution in [0.15, 0.2) is 24.3 Å². The van der Waals surface area contributed by atoms with Gasteiger partial charge in [0.2, 0.25) is 17.7 Å². The van der Waals surface area contributed by atoms with Crippen molar-refractivity contribution in [3.05, 3.63) is 35.4 Å². The van der Waals surface area contributed by atoms with E-state index in [-0.39, 0.29) is 29.2 Å². The molecule has 4 N–H and O–H groups in total. The first kappa shape index (κ1) is 31.7. The standard InChI is InChI=1S/C27H38N4O4.C2HF3O2/c1-17(28-2)24(32)30-21-12-15-35-22-16-27(13-5-6-14-27)23(31(22)26(21)34)25(33)29-20-11-7-9-18-8-3-4-10-19(18)20;3-2(4,5)1(6)7/h3-4,8,10,17,20-23,28H,5-7,9,11-16H2,1-2H3,(H,29,33)(H,30,32);(H,6,7)/t17-,20+,21-,22-,23?;/m0./s1. The number of amides is 3. The highest BCUT2D eigenvalue weighted by atomic mass is 19.4. The molecule has 1 aromatic rings. The molecule has 1 aromatic carbocycles. The number of hydrogen-bond acceptors (Lipinski definition) is 6. The van der Waals surface area contributed by atoms with Crippen molar-refractivity contribution < 1.29 is 42.2 Å². The number of likely N-dealkylation sites (N-methyl/N-ethyl adjacent to an activating group) is 1. The number of carbonyl (C=O) groups excluding carboxylic acids is 3. The van der Waals surface area contributed by atoms with E-state index in [0.29, 0.717) is 19.4 Å². The summed E-state index contributed by atoms with van der Waals surface area (Å²) in [7, 11) is 1.71. The van der Waals surface area contributed by atoms with Gasteiger partial charge in [0.15, 0.2) is 0 Å². The fourth-order valence-electron chi connectivity index (χ4n) is 6.73. The lowest BCUT2D eigenvalue weighted by Crippen LogP contribution is -2.58. The number of fused-ring (bicyclic) bond motifs is 2. The predicted molar refractivity (Wildman–Crippen MR) is 145 cm³/mol. The van der Waals surface area contributed by atoms with Crippen LogP contribution < -0.4 is 16.0 Å². The maximum atomic E-state index is 14.0. The Morgan fingerprint density at radius 2 is 1.74 bits per heavy atom. The molecule has 1 saturated carbocycles. The summed E-state index contributed by atoms with van der Waals surface area (Å²) in [5.41, 5.74) is 2.22. The van der Waals surface area contributed by atoms with E-state index in [1.807, 2.05) is 6.07 Å². The van der Waals surface area contributed by atoms with Gasteiger partial charge < -0.3 is 30.7 Å². The van der Waals surface area contributed by atoms with Crippen LogP contribution >= 0.6 is 0 Å². The number of alkyl halides is 3. The lowest BCUT2D eigenvalue weighted by atomic mass is 9.77. The van der Waals surface area contributed by atoms with Gasteiger partial charge in [-0.05, 0) is 57.2 Å². The summed E-state index contributed by atoms with van der Waals surface area (Å²) in [5.74, 6) is -3.26. The van der Waals surface area contributed by atoms with E-state index in [4.69, 9.17) is 14.6 Å². The maximum Gasteiger partial charge on any atom is 0.490 e. The van der Waals surface area contributed by atoms with Crippen molar-refractivity contribution in [2.45, 2.75) is 101 Å². The fourth-order valence-corrected chi connectivity index (χ4v) is 6.73. The lowest BCUT2D eigenvalue weighted by Gasteiger charge is -2.37. The van der Waals surface area contributed by atoms with E-state index < -0.39 is 36.5 Å². The van der Waals surface area contributed by atoms with Crippen LogP contribution in [0.3, 0.4) is 0 Å². The van der Waals surface area contributed by atoms with Crippen molar-refractivity contribution in [2.24, 2.45) is 5.41 Å². The van der Waals surface area contributed by atoms with Gasteiger partial charge >= 0.3 is 12.1 Å². The molecule has 10 nitrogen and oxygen atoms in total. The number of nitrogens with one attached hydrogen (secondary N) is 3. The summed E-state index contributed by atoms with van der Waals surface area (Å²) < 4.78 is 37.9. The van der Waals surface area contributed by atoms with Crippen molar-refractivity contribution in [2.75, 3.05) is 13.7 Å². The number of aryl methyl sites for hydroxylation is 1. The molecule has 5 atom stereocenters. The highest BCUT2D eigenvalue weighted by Crippen LogP contribution is 2.53. The number of ether oxygens (including phenoxy) is 1. The van der Waals surface area contributed by atoms with Crippen molar-refractivity contribution in [1.82, 2.24) is 20.9 Å². The molecule has 42 heavy (non-hydrogen) atoms. The van der Waals surface area contributed by atoms with Crippen LogP contribution in [0.25, 0.3) is 0 Å². The Balaban J connectivity index is 0.000000517. The van der Waals surface area contributed by atoms with E-state index in [1.165, 1.54) is 11.1 Å². The SMILES string of the molecule is CN[C@@H](C)C(=O)N[C@H]1CCO[C@H]2CC3(CCCC3)C(C(=O)N[C@@H]3CCCc4ccccc43)N2C1=O.O=C(O)C(F)(F)F. The first-order chi connectivity index (χ1) is 19.9. The molecular formula is C29H39F3N4O6. The Kier molecular flexibility index (Phi) is 9.81. The first-order valence-corrected chi connectivity index (χ1v) is 14.5. The number of carboxylic acids is 1. The molecule has 1 unspecified atom stereocenters. The molecule has 0 bridgehead atoms. The fraction of sp³-hybridized carbons (Fsp3) is 0.655. The molecule has 2 saturated heterocycles. The van der Waals surface area contributed by atoms with Gasteiger partial charge in [-0.2, -0.15) is 13.2 Å². The second kappa shape index (κ2) is 13.0. The molecule has 13 heteroatoms. The Hall–Kier alpha value is -3.19. The van der Waals surface area contributed by atoms with Gasteiger partial charge in [0, 0.05) is 18.3 Å². The van der Waals surface area contributed by atoms with E-state index in [0.717, 1.165) is 44.9 Å². The summed E-state index contributed by atoms with van der Waals surface area (Å²) in [5, 5.41) is 16.3. The number of halogens is 3. The number of carbonyl (C=O) groups is 4. The number of benzene rings is 1. The van der Waals surface area contributed by atoms with Crippen molar-refractivity contribution in [3.8, 4) is 0 Å². The summed E-state index contributed by atoms with van der Waals surface area (Å²) in [4.78, 5) is 51.0. The zero-order valence-corrected chi connectivity index (χ0v) is 23.8. The van der Waals surface area contributed by atoms with Crippen LogP contribution in [0.5, 0.6) is 0 Å². The smallest absolute Gasteiger partial charge is 0.475 e. The monoisotopic (exact) mass is 596 g/mol. The second-order valence-electron chi connectivity index (χ2n) is 11.6. The van der Waals surface area contributed by atoms with Crippen LogP contribution in [-0.4, -0.2) is 77.9 Å². The molecule has 0 radical (unpaired) electrons. The Labute approximate surface area is 242 Å². The van der Waals surface area contributed by atoms with Gasteiger partial charge in [-0.1, -0.05) is 37.1 Å². The van der Waals surface area contributed by atoms with E-state index in [9.17, 15) is 27.6 Å². The van der Waals surface area contributed by atoms with Crippen LogP contribution in [-0.2, 0) is 30.3 Å². The van der Waals surface area contributed by atoms with Gasteiger partial charge in [0.25, 0.3) is 0 Å². The summed E-state index contributed by atoms with van der Waals surface area (Å²) in [6.07, 6.45) is 2.52. The molecule has 2 heterocycles. The first-order valence-electron chi connectivity index (χ1n) is 14.5. The molecule has 232 valence electrons. The average molecular weight is 597 g/mol. The molecular weight excluding hydrogens is 557 g/mol. The summed E-state index contributed by atoms with van der Waals surface area (Å²) in [6.45, 7) is 2.14. The topological polar surface area (TPSA) is 137 Å².